The predicted molar refractivity (Wildman–Crippen MR) is 81.1 cm³/mol. The van der Waals surface area contributed by atoms with Gasteiger partial charge < -0.3 is 9.42 Å². The average molecular weight is 350 g/mol. The Morgan fingerprint density at radius 2 is 1.95 bits per heavy atom. The van der Waals surface area contributed by atoms with E-state index in [0.717, 1.165) is 23.7 Å². The second-order valence-corrected chi connectivity index (χ2v) is 6.48. The summed E-state index contributed by atoms with van der Waals surface area (Å²) in [6.07, 6.45) is 3.08. The molecule has 3 rings (SSSR count). The Balaban J connectivity index is 1.97. The van der Waals surface area contributed by atoms with Crippen LogP contribution in [0.2, 0.25) is 0 Å². The number of benzene rings is 1. The minimum Gasteiger partial charge on any atom is -0.341 e. The highest BCUT2D eigenvalue weighted by Gasteiger charge is 2.44. The Bertz CT molecular complexity index is 660. The zero-order valence-electron chi connectivity index (χ0n) is 12.0. The van der Waals surface area contributed by atoms with Crippen LogP contribution in [0.1, 0.15) is 41.3 Å². The number of aromatic nitrogens is 2. The third-order valence-electron chi connectivity index (χ3n) is 4.05. The predicted octanol–water partition coefficient (Wildman–Crippen LogP) is 3.00. The van der Waals surface area contributed by atoms with Gasteiger partial charge in [0.25, 0.3) is 0 Å². The Morgan fingerprint density at radius 3 is 2.48 bits per heavy atom. The van der Waals surface area contributed by atoms with Crippen molar-refractivity contribution >= 4 is 21.8 Å². The molecule has 5 nitrogen and oxygen atoms in total. The van der Waals surface area contributed by atoms with Crippen molar-refractivity contribution in [1.29, 1.82) is 0 Å². The molecule has 1 aromatic carbocycles. The van der Waals surface area contributed by atoms with E-state index in [9.17, 15) is 4.79 Å². The van der Waals surface area contributed by atoms with Crippen LogP contribution < -0.4 is 0 Å². The van der Waals surface area contributed by atoms with Gasteiger partial charge in [-0.25, -0.2) is 0 Å². The van der Waals surface area contributed by atoms with Crippen molar-refractivity contribution in [2.45, 2.75) is 24.7 Å². The molecule has 0 atom stereocenters. The molecule has 0 N–H and O–H groups in total. The summed E-state index contributed by atoms with van der Waals surface area (Å²) in [7, 11) is 3.33. The highest BCUT2D eigenvalue weighted by molar-refractivity contribution is 9.10. The fraction of sp³-hybridized carbons (Fsp3) is 0.400. The molecular weight excluding hydrogens is 334 g/mol. The molecule has 1 heterocycles. The molecule has 1 aromatic heterocycles. The Hall–Kier alpha value is -1.69. The highest BCUT2D eigenvalue weighted by Crippen LogP contribution is 2.47. The van der Waals surface area contributed by atoms with Gasteiger partial charge in [0.2, 0.25) is 0 Å². The summed E-state index contributed by atoms with van der Waals surface area (Å²) in [5, 5.41) is 4.07. The molecule has 0 unspecified atom stereocenters. The minimum absolute atomic E-state index is 0.0541. The molecule has 1 saturated carbocycles. The van der Waals surface area contributed by atoms with Crippen LogP contribution >= 0.6 is 15.9 Å². The number of amides is 1. The second kappa shape index (κ2) is 5.26. The van der Waals surface area contributed by atoms with Crippen molar-refractivity contribution in [3.05, 3.63) is 46.0 Å². The maximum atomic E-state index is 11.9. The molecule has 1 aliphatic carbocycles. The summed E-state index contributed by atoms with van der Waals surface area (Å²) >= 11 is 3.45. The number of carbonyl (C=O) groups is 1. The first kappa shape index (κ1) is 14.3. The summed E-state index contributed by atoms with van der Waals surface area (Å²) in [5.41, 5.74) is 0.955. The largest absolute Gasteiger partial charge is 0.341 e. The van der Waals surface area contributed by atoms with Crippen molar-refractivity contribution in [3.63, 3.8) is 0 Å². The van der Waals surface area contributed by atoms with E-state index in [1.165, 1.54) is 10.5 Å². The van der Waals surface area contributed by atoms with Crippen LogP contribution in [-0.2, 0) is 5.41 Å². The van der Waals surface area contributed by atoms with Gasteiger partial charge in [-0.15, -0.1) is 0 Å². The molecule has 0 saturated heterocycles. The van der Waals surface area contributed by atoms with Gasteiger partial charge in [-0.1, -0.05) is 39.6 Å². The molecule has 0 bridgehead atoms. The zero-order valence-corrected chi connectivity index (χ0v) is 13.6. The molecule has 0 spiro atoms. The molecule has 1 fully saturated rings. The zero-order chi connectivity index (χ0) is 15.0. The lowest BCUT2D eigenvalue weighted by Gasteiger charge is -2.39. The molecule has 110 valence electrons. The van der Waals surface area contributed by atoms with Gasteiger partial charge in [-0.2, -0.15) is 4.98 Å². The van der Waals surface area contributed by atoms with Crippen LogP contribution in [0.25, 0.3) is 0 Å². The van der Waals surface area contributed by atoms with Crippen molar-refractivity contribution in [3.8, 4) is 0 Å². The molecule has 6 heteroatoms. The number of rotatable bonds is 3. The third-order valence-corrected chi connectivity index (χ3v) is 4.58. The van der Waals surface area contributed by atoms with E-state index in [2.05, 4.69) is 38.2 Å². The van der Waals surface area contributed by atoms with Gasteiger partial charge in [0.1, 0.15) is 0 Å². The molecule has 2 aromatic rings. The van der Waals surface area contributed by atoms with Crippen LogP contribution in [0.5, 0.6) is 0 Å². The van der Waals surface area contributed by atoms with Gasteiger partial charge >= 0.3 is 11.8 Å². The summed E-state index contributed by atoms with van der Waals surface area (Å²) in [6.45, 7) is 0. The van der Waals surface area contributed by atoms with Gasteiger partial charge in [-0.05, 0) is 30.5 Å². The monoisotopic (exact) mass is 349 g/mol. The van der Waals surface area contributed by atoms with Crippen LogP contribution in [-0.4, -0.2) is 35.0 Å². The van der Waals surface area contributed by atoms with E-state index >= 15 is 0 Å². The Morgan fingerprint density at radius 1 is 1.29 bits per heavy atom. The molecule has 0 aliphatic heterocycles. The highest BCUT2D eigenvalue weighted by atomic mass is 79.9. The number of hydrogen-bond donors (Lipinski definition) is 0. The fourth-order valence-corrected chi connectivity index (χ4v) is 2.90. The summed E-state index contributed by atoms with van der Waals surface area (Å²) in [5.74, 6) is 0.402. The first-order valence-electron chi connectivity index (χ1n) is 6.85. The van der Waals surface area contributed by atoms with Crippen molar-refractivity contribution in [1.82, 2.24) is 15.0 Å². The minimum atomic E-state index is -0.265. The lowest BCUT2D eigenvalue weighted by atomic mass is 9.64. The third kappa shape index (κ3) is 2.37. The molecular formula is C15H16BrN3O2. The molecule has 1 aliphatic rings. The topological polar surface area (TPSA) is 59.2 Å². The van der Waals surface area contributed by atoms with Gasteiger partial charge in [0.05, 0.1) is 5.41 Å². The van der Waals surface area contributed by atoms with E-state index in [1.54, 1.807) is 14.1 Å². The molecule has 0 radical (unpaired) electrons. The number of halogens is 1. The van der Waals surface area contributed by atoms with E-state index in [4.69, 9.17) is 4.52 Å². The molecule has 1 amide bonds. The van der Waals surface area contributed by atoms with E-state index in [0.29, 0.717) is 5.82 Å². The van der Waals surface area contributed by atoms with E-state index < -0.39 is 0 Å². The number of carbonyl (C=O) groups excluding carboxylic acids is 1. The van der Waals surface area contributed by atoms with Crippen LogP contribution in [0.4, 0.5) is 0 Å². The maximum absolute atomic E-state index is 11.9. The second-order valence-electron chi connectivity index (χ2n) is 5.57. The van der Waals surface area contributed by atoms with Crippen LogP contribution in [0.3, 0.4) is 0 Å². The van der Waals surface area contributed by atoms with Crippen molar-refractivity contribution in [2.24, 2.45) is 0 Å². The lowest BCUT2D eigenvalue weighted by molar-refractivity contribution is 0.0779. The quantitative estimate of drug-likeness (QED) is 0.854. The smallest absolute Gasteiger partial charge is 0.316 e. The summed E-state index contributed by atoms with van der Waals surface area (Å²) in [6, 6.07) is 8.18. The number of nitrogens with zero attached hydrogens (tertiary/aromatic N) is 3. The van der Waals surface area contributed by atoms with E-state index in [-0.39, 0.29) is 17.2 Å². The standard InChI is InChI=1S/C15H16BrN3O2/c1-19(2)13(20)12-17-14(18-21-12)15(8-3-9-15)10-4-6-11(16)7-5-10/h4-7H,3,8-9H2,1-2H3. The Kier molecular flexibility index (Phi) is 3.57. The summed E-state index contributed by atoms with van der Waals surface area (Å²) < 4.78 is 6.19. The lowest BCUT2D eigenvalue weighted by Crippen LogP contribution is -2.36. The van der Waals surface area contributed by atoms with Gasteiger partial charge in [-0.3, -0.25) is 4.79 Å². The normalized spacial score (nSPS) is 16.3. The van der Waals surface area contributed by atoms with Crippen molar-refractivity contribution < 1.29 is 9.32 Å². The Labute approximate surface area is 131 Å². The van der Waals surface area contributed by atoms with Gasteiger partial charge in [0.15, 0.2) is 5.82 Å². The first-order chi connectivity index (χ1) is 10.0. The van der Waals surface area contributed by atoms with Gasteiger partial charge in [0, 0.05) is 18.6 Å². The average Bonchev–Trinajstić information content (AvgIpc) is 2.88. The SMILES string of the molecule is CN(C)C(=O)c1nc(C2(c3ccc(Br)cc3)CCC2)no1. The van der Waals surface area contributed by atoms with Crippen molar-refractivity contribution in [2.75, 3.05) is 14.1 Å². The van der Waals surface area contributed by atoms with Crippen LogP contribution in [0, 0.1) is 0 Å². The fourth-order valence-electron chi connectivity index (χ4n) is 2.64. The molecule has 21 heavy (non-hydrogen) atoms. The van der Waals surface area contributed by atoms with Crippen LogP contribution in [0.15, 0.2) is 33.3 Å². The van der Waals surface area contributed by atoms with E-state index in [1.807, 2.05) is 12.1 Å². The summed E-state index contributed by atoms with van der Waals surface area (Å²) in [4.78, 5) is 17.7. The first-order valence-corrected chi connectivity index (χ1v) is 7.64. The maximum Gasteiger partial charge on any atom is 0.316 e. The number of hydrogen-bond acceptors (Lipinski definition) is 4.